The number of aromatic nitrogens is 1. The van der Waals surface area contributed by atoms with Gasteiger partial charge >= 0.3 is 6.18 Å². The molecule has 1 aromatic carbocycles. The molecule has 1 saturated heterocycles. The fourth-order valence-corrected chi connectivity index (χ4v) is 5.11. The van der Waals surface area contributed by atoms with Crippen molar-refractivity contribution in [2.24, 2.45) is 0 Å². The summed E-state index contributed by atoms with van der Waals surface area (Å²) < 4.78 is 39.9. The minimum atomic E-state index is -4.55. The summed E-state index contributed by atoms with van der Waals surface area (Å²) in [4.78, 5) is 6.14. The van der Waals surface area contributed by atoms with Crippen molar-refractivity contribution in [2.75, 3.05) is 5.32 Å². The molecule has 0 amide bonds. The number of benzene rings is 1. The Morgan fingerprint density at radius 1 is 1.16 bits per heavy atom. The van der Waals surface area contributed by atoms with Gasteiger partial charge in [0.15, 0.2) is 5.11 Å². The van der Waals surface area contributed by atoms with Gasteiger partial charge in [-0.25, -0.2) is 0 Å². The third-order valence-electron chi connectivity index (χ3n) is 5.50. The van der Waals surface area contributed by atoms with Crippen molar-refractivity contribution >= 4 is 34.6 Å². The molecular formula is C23H28ClF3N4S. The highest BCUT2D eigenvalue weighted by Crippen LogP contribution is 2.37. The SMILES string of the molecule is CC1(C)CC(N(Cc2ccncc2)C(=S)Nc2ccc(Cl)c(C(F)(F)F)c2)CC(C)(C)N1. The van der Waals surface area contributed by atoms with Crippen molar-refractivity contribution in [3.8, 4) is 0 Å². The minimum absolute atomic E-state index is 0.0869. The van der Waals surface area contributed by atoms with Gasteiger partial charge < -0.3 is 15.5 Å². The van der Waals surface area contributed by atoms with Gasteiger partial charge in [0.2, 0.25) is 0 Å². The number of pyridine rings is 1. The molecule has 9 heteroatoms. The van der Waals surface area contributed by atoms with E-state index in [1.165, 1.54) is 12.1 Å². The van der Waals surface area contributed by atoms with E-state index in [2.05, 4.69) is 48.2 Å². The highest BCUT2D eigenvalue weighted by molar-refractivity contribution is 7.80. The van der Waals surface area contributed by atoms with Gasteiger partial charge in [0, 0.05) is 41.7 Å². The van der Waals surface area contributed by atoms with E-state index in [9.17, 15) is 13.2 Å². The van der Waals surface area contributed by atoms with Crippen LogP contribution in [0.15, 0.2) is 42.7 Å². The van der Waals surface area contributed by atoms with Crippen LogP contribution in [0.25, 0.3) is 0 Å². The van der Waals surface area contributed by atoms with Crippen LogP contribution < -0.4 is 10.6 Å². The molecular weight excluding hydrogens is 457 g/mol. The molecule has 1 fully saturated rings. The number of rotatable bonds is 4. The first-order valence-corrected chi connectivity index (χ1v) is 11.2. The zero-order valence-electron chi connectivity index (χ0n) is 18.6. The summed E-state index contributed by atoms with van der Waals surface area (Å²) >= 11 is 11.5. The second-order valence-corrected chi connectivity index (χ2v) is 10.4. The Bertz CT molecular complexity index is 947. The third-order valence-corrected chi connectivity index (χ3v) is 6.16. The maximum atomic E-state index is 13.3. The Kier molecular flexibility index (Phi) is 7.08. The van der Waals surface area contributed by atoms with E-state index in [-0.39, 0.29) is 27.8 Å². The summed E-state index contributed by atoms with van der Waals surface area (Å²) in [5, 5.41) is 6.70. The van der Waals surface area contributed by atoms with Crippen molar-refractivity contribution in [2.45, 2.75) is 70.4 Å². The van der Waals surface area contributed by atoms with Crippen LogP contribution in [0.3, 0.4) is 0 Å². The molecule has 0 saturated carbocycles. The van der Waals surface area contributed by atoms with Gasteiger partial charge in [-0.15, -0.1) is 0 Å². The summed E-state index contributed by atoms with van der Waals surface area (Å²) in [6.07, 6.45) is 0.551. The van der Waals surface area contributed by atoms with Crippen LogP contribution in [0.5, 0.6) is 0 Å². The van der Waals surface area contributed by atoms with Gasteiger partial charge in [-0.1, -0.05) is 11.6 Å². The number of nitrogens with one attached hydrogen (secondary N) is 2. The van der Waals surface area contributed by atoms with E-state index in [1.807, 2.05) is 12.1 Å². The predicted octanol–water partition coefficient (Wildman–Crippen LogP) is 6.26. The van der Waals surface area contributed by atoms with Gasteiger partial charge in [-0.05, 0) is 88.6 Å². The summed E-state index contributed by atoms with van der Waals surface area (Å²) in [5.74, 6) is 0. The van der Waals surface area contributed by atoms with Gasteiger partial charge in [0.05, 0.1) is 10.6 Å². The molecule has 4 nitrogen and oxygen atoms in total. The molecule has 0 bridgehead atoms. The molecule has 2 heterocycles. The lowest BCUT2D eigenvalue weighted by Crippen LogP contribution is -2.63. The highest BCUT2D eigenvalue weighted by atomic mass is 35.5. The van der Waals surface area contributed by atoms with Crippen LogP contribution in [-0.4, -0.2) is 32.1 Å². The Morgan fingerprint density at radius 2 is 1.75 bits per heavy atom. The first kappa shape index (κ1) is 24.7. The summed E-state index contributed by atoms with van der Waals surface area (Å²) in [6, 6.07) is 7.65. The van der Waals surface area contributed by atoms with Gasteiger partial charge in [0.25, 0.3) is 0 Å². The number of hydrogen-bond donors (Lipinski definition) is 2. The lowest BCUT2D eigenvalue weighted by Gasteiger charge is -2.50. The van der Waals surface area contributed by atoms with E-state index in [0.29, 0.717) is 11.7 Å². The second kappa shape index (κ2) is 9.15. The molecule has 0 radical (unpaired) electrons. The van der Waals surface area contributed by atoms with E-state index < -0.39 is 11.7 Å². The lowest BCUT2D eigenvalue weighted by molar-refractivity contribution is -0.137. The van der Waals surface area contributed by atoms with E-state index >= 15 is 0 Å². The van der Waals surface area contributed by atoms with E-state index in [1.54, 1.807) is 12.4 Å². The molecule has 0 spiro atoms. The van der Waals surface area contributed by atoms with Crippen LogP contribution in [0.4, 0.5) is 18.9 Å². The monoisotopic (exact) mass is 484 g/mol. The van der Waals surface area contributed by atoms with Gasteiger partial charge in [0.1, 0.15) is 0 Å². The quantitative estimate of drug-likeness (QED) is 0.501. The van der Waals surface area contributed by atoms with Crippen LogP contribution >= 0.6 is 23.8 Å². The number of alkyl halides is 3. The number of hydrogen-bond acceptors (Lipinski definition) is 3. The number of anilines is 1. The molecule has 0 aliphatic carbocycles. The zero-order valence-corrected chi connectivity index (χ0v) is 20.1. The normalized spacial score (nSPS) is 18.2. The zero-order chi connectivity index (χ0) is 23.7. The molecule has 3 rings (SSSR count). The van der Waals surface area contributed by atoms with E-state index in [0.717, 1.165) is 24.5 Å². The van der Waals surface area contributed by atoms with Crippen molar-refractivity contribution < 1.29 is 13.2 Å². The van der Waals surface area contributed by atoms with Crippen LogP contribution in [-0.2, 0) is 12.7 Å². The maximum Gasteiger partial charge on any atom is 0.417 e. The standard InChI is InChI=1S/C23H28ClF3N4S/c1-21(2)12-17(13-22(3,4)30-21)31(14-15-7-9-28-10-8-15)20(32)29-16-5-6-19(24)18(11-16)23(25,26)27/h5-11,17,30H,12-14H2,1-4H3,(H,29,32). The molecule has 1 aromatic heterocycles. The Balaban J connectivity index is 1.90. The largest absolute Gasteiger partial charge is 0.417 e. The molecule has 1 aliphatic heterocycles. The molecule has 2 N–H and O–H groups in total. The highest BCUT2D eigenvalue weighted by Gasteiger charge is 2.41. The fourth-order valence-electron chi connectivity index (χ4n) is 4.56. The van der Waals surface area contributed by atoms with Crippen LogP contribution in [0.2, 0.25) is 5.02 Å². The minimum Gasteiger partial charge on any atom is -0.342 e. The Morgan fingerprint density at radius 3 is 2.31 bits per heavy atom. The van der Waals surface area contributed by atoms with Crippen LogP contribution in [0, 0.1) is 0 Å². The second-order valence-electron chi connectivity index (χ2n) is 9.56. The van der Waals surface area contributed by atoms with Crippen molar-refractivity contribution in [3.63, 3.8) is 0 Å². The molecule has 1 aliphatic rings. The van der Waals surface area contributed by atoms with Gasteiger partial charge in [-0.3, -0.25) is 4.98 Å². The molecule has 2 aromatic rings. The lowest BCUT2D eigenvalue weighted by atomic mass is 9.79. The fraction of sp³-hybridized carbons (Fsp3) is 0.478. The number of halogens is 4. The molecule has 0 unspecified atom stereocenters. The van der Waals surface area contributed by atoms with Crippen LogP contribution in [0.1, 0.15) is 51.7 Å². The molecule has 174 valence electrons. The number of nitrogens with zero attached hydrogens (tertiary/aromatic N) is 2. The molecule has 0 atom stereocenters. The summed E-state index contributed by atoms with van der Waals surface area (Å²) in [5.41, 5.74) is 0.130. The molecule has 32 heavy (non-hydrogen) atoms. The third kappa shape index (κ3) is 6.33. The Hall–Kier alpha value is -1.90. The first-order chi connectivity index (χ1) is 14.8. The van der Waals surface area contributed by atoms with Crippen molar-refractivity contribution in [3.05, 3.63) is 58.9 Å². The maximum absolute atomic E-state index is 13.3. The number of piperidine rings is 1. The average molecular weight is 485 g/mol. The first-order valence-electron chi connectivity index (χ1n) is 10.4. The van der Waals surface area contributed by atoms with Crippen molar-refractivity contribution in [1.82, 2.24) is 15.2 Å². The van der Waals surface area contributed by atoms with E-state index in [4.69, 9.17) is 23.8 Å². The van der Waals surface area contributed by atoms with Gasteiger partial charge in [-0.2, -0.15) is 13.2 Å². The smallest absolute Gasteiger partial charge is 0.342 e. The van der Waals surface area contributed by atoms with Crippen molar-refractivity contribution in [1.29, 1.82) is 0 Å². The average Bonchev–Trinajstić information content (AvgIpc) is 2.65. The summed E-state index contributed by atoms with van der Waals surface area (Å²) in [7, 11) is 0. The predicted molar refractivity (Wildman–Crippen MR) is 127 cm³/mol. The summed E-state index contributed by atoms with van der Waals surface area (Å²) in [6.45, 7) is 9.12. The Labute approximate surface area is 197 Å². The number of thiocarbonyl (C=S) groups is 1. The topological polar surface area (TPSA) is 40.2 Å².